The molecule has 1 amide bonds. The van der Waals surface area contributed by atoms with E-state index in [9.17, 15) is 18.0 Å². The first kappa shape index (κ1) is 21.0. The molecule has 2 aromatic rings. The summed E-state index contributed by atoms with van der Waals surface area (Å²) >= 11 is 3.36. The molecule has 0 spiro atoms. The van der Waals surface area contributed by atoms with Crippen molar-refractivity contribution in [2.45, 2.75) is 12.8 Å². The number of nitrogens with zero attached hydrogens (tertiary/aromatic N) is 2. The summed E-state index contributed by atoms with van der Waals surface area (Å²) in [7, 11) is 1.81. The molecule has 2 rings (SSSR count). The van der Waals surface area contributed by atoms with E-state index in [0.717, 1.165) is 12.1 Å². The van der Waals surface area contributed by atoms with Crippen LogP contribution in [0.3, 0.4) is 0 Å². The Balaban J connectivity index is 2.04. The van der Waals surface area contributed by atoms with Crippen LogP contribution in [0.25, 0.3) is 0 Å². The second kappa shape index (κ2) is 9.05. The molecule has 1 aromatic carbocycles. The Bertz CT molecular complexity index is 785. The van der Waals surface area contributed by atoms with E-state index in [0.29, 0.717) is 28.9 Å². The third-order valence-electron chi connectivity index (χ3n) is 3.44. The summed E-state index contributed by atoms with van der Waals surface area (Å²) in [5.41, 5.74) is 0.589. The quantitative estimate of drug-likeness (QED) is 0.674. The Hall–Kier alpha value is -2.33. The van der Waals surface area contributed by atoms with E-state index >= 15 is 0 Å². The molecule has 0 radical (unpaired) electrons. The lowest BCUT2D eigenvalue weighted by atomic mass is 10.2. The van der Waals surface area contributed by atoms with E-state index < -0.39 is 12.3 Å². The number of anilines is 2. The summed E-state index contributed by atoms with van der Waals surface area (Å²) in [6.07, 6.45) is -2.79. The first-order valence-electron chi connectivity index (χ1n) is 7.84. The molecule has 0 aliphatic heterocycles. The Kier molecular flexibility index (Phi) is 7.03. The molecule has 0 bridgehead atoms. The fraction of sp³-hybridized carbons (Fsp3) is 0.294. The first-order valence-corrected chi connectivity index (χ1v) is 8.63. The van der Waals surface area contributed by atoms with E-state index in [1.165, 1.54) is 18.3 Å². The Labute approximate surface area is 162 Å². The highest BCUT2D eigenvalue weighted by atomic mass is 79.9. The molecule has 0 atom stereocenters. The zero-order valence-corrected chi connectivity index (χ0v) is 15.8. The monoisotopic (exact) mass is 447 g/mol. The smallest absolute Gasteiger partial charge is 0.406 e. The number of benzene rings is 1. The van der Waals surface area contributed by atoms with Crippen molar-refractivity contribution in [3.63, 3.8) is 0 Å². The minimum Gasteiger partial charge on any atom is -0.406 e. The fourth-order valence-electron chi connectivity index (χ4n) is 2.19. The molecular formula is C17H17BrF3N3O3. The number of alkyl halides is 3. The number of rotatable bonds is 7. The maximum Gasteiger partial charge on any atom is 0.573 e. The Morgan fingerprint density at radius 3 is 2.56 bits per heavy atom. The lowest BCUT2D eigenvalue weighted by molar-refractivity contribution is -0.274. The molecule has 10 heteroatoms. The van der Waals surface area contributed by atoms with Crippen LogP contribution in [0, 0.1) is 0 Å². The largest absolute Gasteiger partial charge is 0.573 e. The third kappa shape index (κ3) is 6.40. The van der Waals surface area contributed by atoms with Gasteiger partial charge in [-0.25, -0.2) is 4.98 Å². The maximum atomic E-state index is 12.3. The summed E-state index contributed by atoms with van der Waals surface area (Å²) < 4.78 is 40.8. The number of aliphatic hydroxyl groups excluding tert-OH is 1. The summed E-state index contributed by atoms with van der Waals surface area (Å²) in [6.45, 7) is 0.662. The summed E-state index contributed by atoms with van der Waals surface area (Å²) in [5.74, 6) is -0.217. The van der Waals surface area contributed by atoms with Crippen molar-refractivity contribution in [1.29, 1.82) is 0 Å². The van der Waals surface area contributed by atoms with Crippen LogP contribution in [-0.4, -0.2) is 42.6 Å². The average molecular weight is 448 g/mol. The lowest BCUT2D eigenvalue weighted by Crippen LogP contribution is -2.21. The zero-order chi connectivity index (χ0) is 20.0. The predicted molar refractivity (Wildman–Crippen MR) is 98.0 cm³/mol. The zero-order valence-electron chi connectivity index (χ0n) is 14.3. The van der Waals surface area contributed by atoms with Gasteiger partial charge in [0.25, 0.3) is 5.91 Å². The highest BCUT2D eigenvalue weighted by molar-refractivity contribution is 9.10. The highest BCUT2D eigenvalue weighted by Gasteiger charge is 2.31. The minimum atomic E-state index is -4.77. The molecule has 1 aromatic heterocycles. The van der Waals surface area contributed by atoms with Crippen LogP contribution >= 0.6 is 15.9 Å². The highest BCUT2D eigenvalue weighted by Crippen LogP contribution is 2.26. The van der Waals surface area contributed by atoms with Crippen molar-refractivity contribution in [1.82, 2.24) is 4.98 Å². The Morgan fingerprint density at radius 2 is 2.00 bits per heavy atom. The van der Waals surface area contributed by atoms with Crippen molar-refractivity contribution in [3.05, 3.63) is 46.6 Å². The van der Waals surface area contributed by atoms with Crippen molar-refractivity contribution in [2.75, 3.05) is 30.4 Å². The molecule has 146 valence electrons. The molecule has 0 aliphatic rings. The normalized spacial score (nSPS) is 11.2. The molecule has 0 unspecified atom stereocenters. The number of nitrogens with one attached hydrogen (secondary N) is 1. The van der Waals surface area contributed by atoms with Crippen molar-refractivity contribution in [3.8, 4) is 5.75 Å². The average Bonchev–Trinajstić information content (AvgIpc) is 2.60. The SMILES string of the molecule is CN(CCCO)c1ncc(C(=O)Nc2ccc(OC(F)(F)F)cc2)cc1Br. The molecule has 6 nitrogen and oxygen atoms in total. The summed E-state index contributed by atoms with van der Waals surface area (Å²) in [6, 6.07) is 6.41. The number of pyridine rings is 1. The number of hydrogen-bond acceptors (Lipinski definition) is 5. The van der Waals surface area contributed by atoms with Crippen molar-refractivity contribution < 1.29 is 27.8 Å². The van der Waals surface area contributed by atoms with Gasteiger partial charge in [0.15, 0.2) is 0 Å². The molecule has 0 fully saturated rings. The minimum absolute atomic E-state index is 0.0647. The summed E-state index contributed by atoms with van der Waals surface area (Å²) in [5, 5.41) is 11.5. The van der Waals surface area contributed by atoms with Gasteiger partial charge in [0.1, 0.15) is 11.6 Å². The van der Waals surface area contributed by atoms with Gasteiger partial charge < -0.3 is 20.1 Å². The second-order valence-electron chi connectivity index (χ2n) is 5.55. The van der Waals surface area contributed by atoms with E-state index in [4.69, 9.17) is 5.11 Å². The first-order chi connectivity index (χ1) is 12.7. The van der Waals surface area contributed by atoms with Crippen LogP contribution in [0.1, 0.15) is 16.8 Å². The van der Waals surface area contributed by atoms with Gasteiger partial charge in [-0.05, 0) is 52.7 Å². The molecule has 0 saturated carbocycles. The van der Waals surface area contributed by atoms with Crippen LogP contribution in [0.4, 0.5) is 24.7 Å². The van der Waals surface area contributed by atoms with Crippen LogP contribution in [0.2, 0.25) is 0 Å². The lowest BCUT2D eigenvalue weighted by Gasteiger charge is -2.19. The van der Waals surface area contributed by atoms with Crippen molar-refractivity contribution in [2.24, 2.45) is 0 Å². The van der Waals surface area contributed by atoms with Gasteiger partial charge in [-0.1, -0.05) is 0 Å². The van der Waals surface area contributed by atoms with E-state index in [-0.39, 0.29) is 17.9 Å². The van der Waals surface area contributed by atoms with Crippen molar-refractivity contribution >= 4 is 33.3 Å². The molecular weight excluding hydrogens is 431 g/mol. The maximum absolute atomic E-state index is 12.3. The molecule has 2 N–H and O–H groups in total. The third-order valence-corrected chi connectivity index (χ3v) is 4.03. The standard InChI is InChI=1S/C17H17BrF3N3O3/c1-24(7-2-8-25)15-14(18)9-11(10-22-15)16(26)23-12-3-5-13(6-4-12)27-17(19,20)21/h3-6,9-10,25H,2,7-8H2,1H3,(H,23,26). The van der Waals surface area contributed by atoms with Crippen LogP contribution in [0.15, 0.2) is 41.0 Å². The van der Waals surface area contributed by atoms with Gasteiger partial charge in [0, 0.05) is 32.1 Å². The number of aromatic nitrogens is 1. The molecule has 27 heavy (non-hydrogen) atoms. The fourth-order valence-corrected chi connectivity index (χ4v) is 2.84. The van der Waals surface area contributed by atoms with Gasteiger partial charge in [0.2, 0.25) is 0 Å². The molecule has 1 heterocycles. The van der Waals surface area contributed by atoms with Gasteiger partial charge in [-0.2, -0.15) is 0 Å². The van der Waals surface area contributed by atoms with Crippen LogP contribution in [-0.2, 0) is 0 Å². The van der Waals surface area contributed by atoms with Gasteiger partial charge in [0.05, 0.1) is 10.0 Å². The van der Waals surface area contributed by atoms with E-state index in [1.807, 2.05) is 11.9 Å². The molecule has 0 saturated heterocycles. The van der Waals surface area contributed by atoms with Gasteiger partial charge in [-0.3, -0.25) is 4.79 Å². The van der Waals surface area contributed by atoms with E-state index in [1.54, 1.807) is 6.07 Å². The van der Waals surface area contributed by atoms with Gasteiger partial charge >= 0.3 is 6.36 Å². The summed E-state index contributed by atoms with van der Waals surface area (Å²) in [4.78, 5) is 18.4. The number of amides is 1. The number of carbonyl (C=O) groups is 1. The molecule has 0 aliphatic carbocycles. The number of halogens is 4. The number of carbonyl (C=O) groups excluding carboxylic acids is 1. The Morgan fingerprint density at radius 1 is 1.33 bits per heavy atom. The predicted octanol–water partition coefficient (Wildman–Crippen LogP) is 3.81. The second-order valence-corrected chi connectivity index (χ2v) is 6.41. The number of hydrogen-bond donors (Lipinski definition) is 2. The number of aliphatic hydroxyl groups is 1. The van der Waals surface area contributed by atoms with Crippen LogP contribution < -0.4 is 15.0 Å². The topological polar surface area (TPSA) is 74.7 Å². The van der Waals surface area contributed by atoms with Crippen LogP contribution in [0.5, 0.6) is 5.75 Å². The van der Waals surface area contributed by atoms with Gasteiger partial charge in [-0.15, -0.1) is 13.2 Å². The van der Waals surface area contributed by atoms with E-state index in [2.05, 4.69) is 31.0 Å². The number of ether oxygens (including phenoxy) is 1.